The summed E-state index contributed by atoms with van der Waals surface area (Å²) < 4.78 is 0. The van der Waals surface area contributed by atoms with Crippen LogP contribution in [0.2, 0.25) is 5.02 Å². The van der Waals surface area contributed by atoms with E-state index in [0.29, 0.717) is 10.9 Å². The van der Waals surface area contributed by atoms with E-state index < -0.39 is 5.66 Å². The van der Waals surface area contributed by atoms with Crippen LogP contribution in [0.15, 0.2) is 114 Å². The smallest absolute Gasteiger partial charge is 0.278 e. The minimum Gasteiger partial charge on any atom is -0.322 e. The van der Waals surface area contributed by atoms with Gasteiger partial charge in [0.1, 0.15) is 0 Å². The molecular formula is C27H19ClN4O. The molecule has 6 rings (SSSR count). The summed E-state index contributed by atoms with van der Waals surface area (Å²) in [7, 11) is 0. The number of amides is 1. The molecule has 0 radical (unpaired) electrons. The lowest BCUT2D eigenvalue weighted by Crippen LogP contribution is -2.58. The van der Waals surface area contributed by atoms with E-state index in [1.807, 2.05) is 119 Å². The number of halogens is 1. The number of hydrogen-bond acceptors (Lipinski definition) is 4. The Hall–Kier alpha value is -4.09. The number of anilines is 3. The monoisotopic (exact) mass is 450 g/mol. The Morgan fingerprint density at radius 2 is 1.42 bits per heavy atom. The third-order valence-electron chi connectivity index (χ3n) is 6.00. The first-order valence-electron chi connectivity index (χ1n) is 10.7. The molecule has 2 aliphatic rings. The van der Waals surface area contributed by atoms with Gasteiger partial charge in [-0.05, 0) is 36.4 Å². The summed E-state index contributed by atoms with van der Waals surface area (Å²) in [6.45, 7) is 0. The molecule has 1 unspecified atom stereocenters. The van der Waals surface area contributed by atoms with Gasteiger partial charge in [0.25, 0.3) is 5.91 Å². The molecule has 1 spiro atoms. The molecule has 1 amide bonds. The molecule has 33 heavy (non-hydrogen) atoms. The number of nitrogens with zero attached hydrogens (tertiary/aromatic N) is 3. The van der Waals surface area contributed by atoms with Crippen molar-refractivity contribution in [2.45, 2.75) is 5.66 Å². The summed E-state index contributed by atoms with van der Waals surface area (Å²) in [6, 6.07) is 34.9. The zero-order chi connectivity index (χ0) is 22.4. The predicted octanol–water partition coefficient (Wildman–Crippen LogP) is 5.83. The van der Waals surface area contributed by atoms with Gasteiger partial charge in [0.05, 0.1) is 5.69 Å². The molecule has 4 aromatic rings. The minimum atomic E-state index is -1.26. The highest BCUT2D eigenvalue weighted by molar-refractivity contribution is 6.31. The number of carbonyl (C=O) groups excluding carboxylic acids is 1. The number of carbonyl (C=O) groups is 1. The van der Waals surface area contributed by atoms with Crippen LogP contribution < -0.4 is 15.2 Å². The van der Waals surface area contributed by atoms with Gasteiger partial charge < -0.3 is 5.32 Å². The Morgan fingerprint density at radius 3 is 2.18 bits per heavy atom. The van der Waals surface area contributed by atoms with E-state index in [4.69, 9.17) is 16.7 Å². The Morgan fingerprint density at radius 1 is 0.758 bits per heavy atom. The quantitative estimate of drug-likeness (QED) is 0.427. The number of benzene rings is 4. The van der Waals surface area contributed by atoms with Gasteiger partial charge in [-0.1, -0.05) is 84.4 Å². The Labute approximate surface area is 196 Å². The van der Waals surface area contributed by atoms with Crippen LogP contribution in [0, 0.1) is 0 Å². The first-order chi connectivity index (χ1) is 16.2. The zero-order valence-electron chi connectivity index (χ0n) is 17.5. The molecule has 0 saturated carbocycles. The second-order valence-corrected chi connectivity index (χ2v) is 8.36. The molecule has 0 aliphatic carbocycles. The summed E-state index contributed by atoms with van der Waals surface area (Å²) in [5.74, 6) is 0.482. The molecule has 0 aromatic heterocycles. The van der Waals surface area contributed by atoms with E-state index >= 15 is 0 Å². The molecule has 1 N–H and O–H groups in total. The molecule has 2 heterocycles. The van der Waals surface area contributed by atoms with Gasteiger partial charge in [-0.15, -0.1) is 0 Å². The van der Waals surface area contributed by atoms with Gasteiger partial charge >= 0.3 is 0 Å². The average Bonchev–Trinajstić information content (AvgIpc) is 3.36. The van der Waals surface area contributed by atoms with Gasteiger partial charge in [-0.3, -0.25) is 9.69 Å². The van der Waals surface area contributed by atoms with Crippen LogP contribution in [0.3, 0.4) is 0 Å². The van der Waals surface area contributed by atoms with E-state index in [9.17, 15) is 4.79 Å². The van der Waals surface area contributed by atoms with Crippen molar-refractivity contribution in [1.82, 2.24) is 0 Å². The van der Waals surface area contributed by atoms with Crippen LogP contribution in [-0.2, 0) is 10.5 Å². The summed E-state index contributed by atoms with van der Waals surface area (Å²) >= 11 is 6.42. The van der Waals surface area contributed by atoms with Crippen LogP contribution in [0.5, 0.6) is 0 Å². The van der Waals surface area contributed by atoms with Crippen molar-refractivity contribution in [2.75, 3.05) is 15.2 Å². The Balaban J connectivity index is 1.70. The first kappa shape index (κ1) is 19.6. The SMILES string of the molecule is O=C1Nc2ccccc2C12N(c1ccccc1)N=C(c1ccccc1)N2c1cccc(Cl)c1. The van der Waals surface area contributed by atoms with Crippen LogP contribution >= 0.6 is 11.6 Å². The molecule has 5 nitrogen and oxygen atoms in total. The molecule has 1 atom stereocenters. The van der Waals surface area contributed by atoms with Crippen molar-refractivity contribution < 1.29 is 4.79 Å². The van der Waals surface area contributed by atoms with Gasteiger partial charge in [0, 0.05) is 27.5 Å². The van der Waals surface area contributed by atoms with E-state index in [1.165, 1.54) is 0 Å². The summed E-state index contributed by atoms with van der Waals surface area (Å²) in [4.78, 5) is 16.0. The number of rotatable bonds is 3. The second-order valence-electron chi connectivity index (χ2n) is 7.92. The normalized spacial score (nSPS) is 18.9. The highest BCUT2D eigenvalue weighted by Crippen LogP contribution is 2.50. The fraction of sp³-hybridized carbons (Fsp3) is 0.0370. The third-order valence-corrected chi connectivity index (χ3v) is 6.24. The van der Waals surface area contributed by atoms with Crippen molar-refractivity contribution in [1.29, 1.82) is 0 Å². The molecular weight excluding hydrogens is 432 g/mol. The molecule has 2 aliphatic heterocycles. The van der Waals surface area contributed by atoms with Crippen molar-refractivity contribution in [3.63, 3.8) is 0 Å². The number of hydrogen-bond donors (Lipinski definition) is 1. The summed E-state index contributed by atoms with van der Waals surface area (Å²) in [6.07, 6.45) is 0. The average molecular weight is 451 g/mol. The van der Waals surface area contributed by atoms with Crippen molar-refractivity contribution in [3.8, 4) is 0 Å². The predicted molar refractivity (Wildman–Crippen MR) is 133 cm³/mol. The van der Waals surface area contributed by atoms with Gasteiger partial charge in [0.15, 0.2) is 5.84 Å². The number of hydrazone groups is 1. The van der Waals surface area contributed by atoms with Crippen LogP contribution in [0.1, 0.15) is 11.1 Å². The highest BCUT2D eigenvalue weighted by atomic mass is 35.5. The van der Waals surface area contributed by atoms with Gasteiger partial charge in [-0.2, -0.15) is 5.10 Å². The maximum Gasteiger partial charge on any atom is 0.278 e. The second kappa shape index (κ2) is 7.50. The lowest BCUT2D eigenvalue weighted by molar-refractivity contribution is -0.120. The molecule has 0 bridgehead atoms. The number of para-hydroxylation sites is 2. The van der Waals surface area contributed by atoms with Gasteiger partial charge in [0.2, 0.25) is 5.66 Å². The molecule has 4 aromatic carbocycles. The number of fused-ring (bicyclic) bond motifs is 2. The maximum atomic E-state index is 14.0. The number of nitrogens with one attached hydrogen (secondary N) is 1. The summed E-state index contributed by atoms with van der Waals surface area (Å²) in [5, 5.41) is 10.6. The van der Waals surface area contributed by atoms with Crippen LogP contribution in [0.4, 0.5) is 17.1 Å². The van der Waals surface area contributed by atoms with Crippen LogP contribution in [-0.4, -0.2) is 11.7 Å². The maximum absolute atomic E-state index is 14.0. The minimum absolute atomic E-state index is 0.179. The van der Waals surface area contributed by atoms with E-state index in [1.54, 1.807) is 0 Å². The van der Waals surface area contributed by atoms with E-state index in [0.717, 1.165) is 28.2 Å². The van der Waals surface area contributed by atoms with E-state index in [2.05, 4.69) is 5.32 Å². The molecule has 160 valence electrons. The fourth-order valence-corrected chi connectivity index (χ4v) is 4.82. The van der Waals surface area contributed by atoms with Crippen molar-refractivity contribution in [3.05, 3.63) is 125 Å². The number of amidine groups is 1. The largest absolute Gasteiger partial charge is 0.322 e. The Bertz CT molecular complexity index is 1390. The van der Waals surface area contributed by atoms with Crippen molar-refractivity contribution >= 4 is 40.4 Å². The third kappa shape index (κ3) is 2.86. The van der Waals surface area contributed by atoms with Crippen molar-refractivity contribution in [2.24, 2.45) is 5.10 Å². The molecule has 6 heteroatoms. The van der Waals surface area contributed by atoms with Crippen LogP contribution in [0.25, 0.3) is 0 Å². The lowest BCUT2D eigenvalue weighted by Gasteiger charge is -2.40. The highest BCUT2D eigenvalue weighted by Gasteiger charge is 2.61. The summed E-state index contributed by atoms with van der Waals surface area (Å²) in [5.41, 5.74) is 2.81. The van der Waals surface area contributed by atoms with Gasteiger partial charge in [-0.25, -0.2) is 5.01 Å². The first-order valence-corrected chi connectivity index (χ1v) is 11.0. The molecule has 0 fully saturated rings. The standard InChI is InChI=1S/C27H19ClN4O/c28-20-12-9-15-22(18-20)31-25(19-10-3-1-4-11-19)30-32(21-13-5-2-6-14-21)27(31)23-16-7-8-17-24(23)29-26(27)33/h1-18H,(H,29,33). The topological polar surface area (TPSA) is 47.9 Å². The molecule has 0 saturated heterocycles. The Kier molecular flexibility index (Phi) is 4.45. The van der Waals surface area contributed by atoms with E-state index in [-0.39, 0.29) is 5.91 Å². The fourth-order valence-electron chi connectivity index (χ4n) is 4.63. The lowest BCUT2D eigenvalue weighted by atomic mass is 9.96. The zero-order valence-corrected chi connectivity index (χ0v) is 18.3.